The lowest BCUT2D eigenvalue weighted by Crippen LogP contribution is -2.32. The summed E-state index contributed by atoms with van der Waals surface area (Å²) in [4.78, 5) is 0. The Morgan fingerprint density at radius 2 is 2.18 bits per heavy atom. The molecule has 0 amide bonds. The molecule has 2 nitrogen and oxygen atoms in total. The van der Waals surface area contributed by atoms with Gasteiger partial charge in [0.05, 0.1) is 0 Å². The van der Waals surface area contributed by atoms with E-state index in [2.05, 4.69) is 19.2 Å². The Hall–Kier alpha value is -0.0800. The smallest absolute Gasteiger partial charge is 0.0154 e. The lowest BCUT2D eigenvalue weighted by molar-refractivity contribution is 0.436. The van der Waals surface area contributed by atoms with E-state index in [0.717, 1.165) is 25.4 Å². The Morgan fingerprint density at radius 1 is 1.55 bits per heavy atom. The van der Waals surface area contributed by atoms with Crippen molar-refractivity contribution in [2.45, 2.75) is 38.6 Å². The highest BCUT2D eigenvalue weighted by Crippen LogP contribution is 2.34. The van der Waals surface area contributed by atoms with E-state index >= 15 is 0 Å². The maximum Gasteiger partial charge on any atom is 0.0154 e. The highest BCUT2D eigenvalue weighted by atomic mass is 15.0. The molecule has 2 heteroatoms. The fourth-order valence-electron chi connectivity index (χ4n) is 1.17. The fourth-order valence-corrected chi connectivity index (χ4v) is 1.17. The summed E-state index contributed by atoms with van der Waals surface area (Å²) in [5, 5.41) is 3.56. The van der Waals surface area contributed by atoms with Crippen molar-refractivity contribution in [3.05, 3.63) is 0 Å². The molecule has 1 atom stereocenters. The molecule has 0 bridgehead atoms. The minimum Gasteiger partial charge on any atom is -0.330 e. The van der Waals surface area contributed by atoms with E-state index in [1.807, 2.05) is 0 Å². The van der Waals surface area contributed by atoms with Crippen LogP contribution in [0.15, 0.2) is 0 Å². The second-order valence-electron chi connectivity index (χ2n) is 4.12. The van der Waals surface area contributed by atoms with Crippen molar-refractivity contribution in [2.24, 2.45) is 11.7 Å². The molecule has 11 heavy (non-hydrogen) atoms. The molecule has 1 unspecified atom stereocenters. The molecule has 0 aliphatic heterocycles. The van der Waals surface area contributed by atoms with Gasteiger partial charge in [0, 0.05) is 5.54 Å². The molecule has 0 aromatic rings. The van der Waals surface area contributed by atoms with Gasteiger partial charge in [-0.3, -0.25) is 0 Å². The number of hydrogen-bond acceptors (Lipinski definition) is 2. The molecular formula is C9H20N2. The second kappa shape index (κ2) is 3.55. The third kappa shape index (κ3) is 3.21. The van der Waals surface area contributed by atoms with Crippen molar-refractivity contribution in [1.29, 1.82) is 0 Å². The van der Waals surface area contributed by atoms with E-state index in [9.17, 15) is 0 Å². The first kappa shape index (κ1) is 9.01. The first-order valence-corrected chi connectivity index (χ1v) is 4.61. The van der Waals surface area contributed by atoms with Crippen LogP contribution in [0.2, 0.25) is 0 Å². The van der Waals surface area contributed by atoms with Crippen LogP contribution < -0.4 is 11.1 Å². The van der Waals surface area contributed by atoms with E-state index in [4.69, 9.17) is 5.73 Å². The topological polar surface area (TPSA) is 38.0 Å². The molecule has 3 N–H and O–H groups in total. The van der Waals surface area contributed by atoms with Crippen LogP contribution in [-0.2, 0) is 0 Å². The minimum absolute atomic E-state index is 0.489. The van der Waals surface area contributed by atoms with E-state index in [0.29, 0.717) is 5.54 Å². The minimum atomic E-state index is 0.489. The first-order chi connectivity index (χ1) is 5.16. The standard InChI is InChI=1S/C9H20N2/c1-8(3-6-10)7-11-9(2)4-5-9/h8,11H,3-7,10H2,1-2H3. The Kier molecular flexibility index (Phi) is 2.90. The predicted octanol–water partition coefficient (Wildman–Crippen LogP) is 1.11. The summed E-state index contributed by atoms with van der Waals surface area (Å²) in [7, 11) is 0. The van der Waals surface area contributed by atoms with Crippen LogP contribution in [0.1, 0.15) is 33.1 Å². The van der Waals surface area contributed by atoms with E-state index < -0.39 is 0 Å². The molecule has 1 saturated carbocycles. The molecule has 1 aliphatic rings. The Balaban J connectivity index is 2.01. The SMILES string of the molecule is CC(CCN)CNC1(C)CC1. The lowest BCUT2D eigenvalue weighted by Gasteiger charge is -2.15. The highest BCUT2D eigenvalue weighted by Gasteiger charge is 2.36. The maximum atomic E-state index is 5.46. The summed E-state index contributed by atoms with van der Waals surface area (Å²) >= 11 is 0. The summed E-state index contributed by atoms with van der Waals surface area (Å²) in [5.41, 5.74) is 5.95. The molecule has 0 aromatic carbocycles. The molecule has 66 valence electrons. The zero-order chi connectivity index (χ0) is 8.32. The van der Waals surface area contributed by atoms with Crippen molar-refractivity contribution >= 4 is 0 Å². The van der Waals surface area contributed by atoms with Crippen molar-refractivity contribution in [3.63, 3.8) is 0 Å². The summed E-state index contributed by atoms with van der Waals surface area (Å²) in [5.74, 6) is 0.734. The molecule has 1 rings (SSSR count). The van der Waals surface area contributed by atoms with Gasteiger partial charge in [-0.1, -0.05) is 6.92 Å². The summed E-state index contributed by atoms with van der Waals surface area (Å²) in [6, 6.07) is 0. The highest BCUT2D eigenvalue weighted by molar-refractivity contribution is 4.97. The monoisotopic (exact) mass is 156 g/mol. The van der Waals surface area contributed by atoms with Crippen LogP contribution in [0.3, 0.4) is 0 Å². The maximum absolute atomic E-state index is 5.46. The first-order valence-electron chi connectivity index (χ1n) is 4.61. The molecule has 1 aliphatic carbocycles. The van der Waals surface area contributed by atoms with Gasteiger partial charge in [0.1, 0.15) is 0 Å². The average Bonchev–Trinajstić information content (AvgIpc) is 2.66. The quantitative estimate of drug-likeness (QED) is 0.626. The van der Waals surface area contributed by atoms with Crippen LogP contribution in [0.5, 0.6) is 0 Å². The van der Waals surface area contributed by atoms with Crippen LogP contribution in [-0.4, -0.2) is 18.6 Å². The normalized spacial score (nSPS) is 23.2. The van der Waals surface area contributed by atoms with Gasteiger partial charge in [-0.2, -0.15) is 0 Å². The van der Waals surface area contributed by atoms with E-state index in [1.54, 1.807) is 0 Å². The van der Waals surface area contributed by atoms with Crippen LogP contribution in [0.4, 0.5) is 0 Å². The van der Waals surface area contributed by atoms with Crippen LogP contribution in [0.25, 0.3) is 0 Å². The number of rotatable bonds is 5. The van der Waals surface area contributed by atoms with E-state index in [1.165, 1.54) is 12.8 Å². The van der Waals surface area contributed by atoms with Crippen molar-refractivity contribution < 1.29 is 0 Å². The van der Waals surface area contributed by atoms with Gasteiger partial charge in [0.25, 0.3) is 0 Å². The Bertz CT molecular complexity index is 119. The van der Waals surface area contributed by atoms with Gasteiger partial charge in [-0.05, 0) is 45.2 Å². The van der Waals surface area contributed by atoms with Gasteiger partial charge in [-0.25, -0.2) is 0 Å². The molecule has 0 radical (unpaired) electrons. The fraction of sp³-hybridized carbons (Fsp3) is 1.00. The predicted molar refractivity (Wildman–Crippen MR) is 48.5 cm³/mol. The molecule has 0 aromatic heterocycles. The second-order valence-corrected chi connectivity index (χ2v) is 4.12. The Morgan fingerprint density at radius 3 is 2.64 bits per heavy atom. The van der Waals surface area contributed by atoms with Crippen molar-refractivity contribution in [1.82, 2.24) is 5.32 Å². The van der Waals surface area contributed by atoms with Crippen LogP contribution >= 0.6 is 0 Å². The zero-order valence-corrected chi connectivity index (χ0v) is 7.69. The van der Waals surface area contributed by atoms with Gasteiger partial charge >= 0.3 is 0 Å². The molecule has 0 saturated heterocycles. The van der Waals surface area contributed by atoms with E-state index in [-0.39, 0.29) is 0 Å². The van der Waals surface area contributed by atoms with Crippen molar-refractivity contribution in [3.8, 4) is 0 Å². The van der Waals surface area contributed by atoms with Crippen molar-refractivity contribution in [2.75, 3.05) is 13.1 Å². The number of nitrogens with one attached hydrogen (secondary N) is 1. The van der Waals surface area contributed by atoms with Crippen LogP contribution in [0, 0.1) is 5.92 Å². The van der Waals surface area contributed by atoms with Gasteiger partial charge in [-0.15, -0.1) is 0 Å². The molecule has 0 heterocycles. The molecule has 0 spiro atoms. The largest absolute Gasteiger partial charge is 0.330 e. The summed E-state index contributed by atoms with van der Waals surface area (Å²) in [6.45, 7) is 6.50. The third-order valence-electron chi connectivity index (χ3n) is 2.54. The zero-order valence-electron chi connectivity index (χ0n) is 7.69. The van der Waals surface area contributed by atoms with Gasteiger partial charge in [0.15, 0.2) is 0 Å². The number of nitrogens with two attached hydrogens (primary N) is 1. The number of hydrogen-bond donors (Lipinski definition) is 2. The third-order valence-corrected chi connectivity index (χ3v) is 2.54. The summed E-state index contributed by atoms with van der Waals surface area (Å²) < 4.78 is 0. The van der Waals surface area contributed by atoms with Gasteiger partial charge < -0.3 is 11.1 Å². The molecular weight excluding hydrogens is 136 g/mol. The van der Waals surface area contributed by atoms with Gasteiger partial charge in [0.2, 0.25) is 0 Å². The summed E-state index contributed by atoms with van der Waals surface area (Å²) in [6.07, 6.45) is 3.84. The Labute approximate surface area is 69.5 Å². The average molecular weight is 156 g/mol. The lowest BCUT2D eigenvalue weighted by atomic mass is 10.1. The molecule has 1 fully saturated rings.